The van der Waals surface area contributed by atoms with Crippen molar-refractivity contribution in [2.24, 2.45) is 5.92 Å². The van der Waals surface area contributed by atoms with E-state index in [-0.39, 0.29) is 6.61 Å². The van der Waals surface area contributed by atoms with E-state index in [1.165, 1.54) is 6.42 Å². The minimum atomic E-state index is 0.266. The van der Waals surface area contributed by atoms with Gasteiger partial charge in [0, 0.05) is 22.1 Å². The Morgan fingerprint density at radius 3 is 2.94 bits per heavy atom. The van der Waals surface area contributed by atoms with Crippen molar-refractivity contribution in [3.63, 3.8) is 0 Å². The molecule has 1 saturated carbocycles. The molecule has 16 heavy (non-hydrogen) atoms. The lowest BCUT2D eigenvalue weighted by molar-refractivity contribution is 0.222. The van der Waals surface area contributed by atoms with Gasteiger partial charge in [0.25, 0.3) is 0 Å². The Bertz CT molecular complexity index is 370. The average molecular weight is 332 g/mol. The number of nitrogens with one attached hydrogen (secondary N) is 1. The van der Waals surface area contributed by atoms with E-state index in [2.05, 4.69) is 27.9 Å². The third-order valence-electron chi connectivity index (χ3n) is 3.25. The van der Waals surface area contributed by atoms with Gasteiger partial charge in [-0.15, -0.1) is 0 Å². The van der Waals surface area contributed by atoms with Crippen molar-refractivity contribution in [2.45, 2.75) is 25.3 Å². The van der Waals surface area contributed by atoms with Crippen molar-refractivity contribution in [3.8, 4) is 0 Å². The second-order valence-electron chi connectivity index (χ2n) is 4.36. The number of aliphatic hydroxyl groups excluding tert-OH is 1. The molecular formula is C12H17IN2O. The van der Waals surface area contributed by atoms with E-state index >= 15 is 0 Å². The van der Waals surface area contributed by atoms with Crippen molar-refractivity contribution in [3.05, 3.63) is 21.8 Å². The zero-order chi connectivity index (χ0) is 11.5. The molecule has 1 aromatic carbocycles. The SMILES string of the molecule is Nc1cc(I)ccc1NC1CCCC1CO. The quantitative estimate of drug-likeness (QED) is 0.589. The van der Waals surface area contributed by atoms with Crippen LogP contribution in [0.3, 0.4) is 0 Å². The summed E-state index contributed by atoms with van der Waals surface area (Å²) < 4.78 is 1.14. The molecule has 0 spiro atoms. The molecule has 88 valence electrons. The van der Waals surface area contributed by atoms with Crippen LogP contribution in [0.4, 0.5) is 11.4 Å². The van der Waals surface area contributed by atoms with Crippen LogP contribution >= 0.6 is 22.6 Å². The molecule has 1 aliphatic rings. The Kier molecular flexibility index (Phi) is 3.91. The Labute approximate surface area is 110 Å². The first kappa shape index (κ1) is 12.0. The first-order chi connectivity index (χ1) is 7.70. The number of anilines is 2. The van der Waals surface area contributed by atoms with Crippen molar-refractivity contribution in [2.75, 3.05) is 17.7 Å². The van der Waals surface area contributed by atoms with Crippen LogP contribution in [0.2, 0.25) is 0 Å². The number of benzene rings is 1. The molecular weight excluding hydrogens is 315 g/mol. The van der Waals surface area contributed by atoms with Crippen LogP contribution in [0.5, 0.6) is 0 Å². The number of aliphatic hydroxyl groups is 1. The lowest BCUT2D eigenvalue weighted by Crippen LogP contribution is -2.26. The number of hydrogen-bond acceptors (Lipinski definition) is 3. The van der Waals surface area contributed by atoms with Crippen molar-refractivity contribution < 1.29 is 5.11 Å². The van der Waals surface area contributed by atoms with Gasteiger partial charge < -0.3 is 16.2 Å². The summed E-state index contributed by atoms with van der Waals surface area (Å²) in [6, 6.07) is 6.39. The maximum atomic E-state index is 9.26. The van der Waals surface area contributed by atoms with Crippen LogP contribution < -0.4 is 11.1 Å². The van der Waals surface area contributed by atoms with E-state index < -0.39 is 0 Å². The second kappa shape index (κ2) is 5.23. The summed E-state index contributed by atoms with van der Waals surface area (Å²) in [5.74, 6) is 0.374. The van der Waals surface area contributed by atoms with Gasteiger partial charge in [0.15, 0.2) is 0 Å². The molecule has 2 unspecified atom stereocenters. The average Bonchev–Trinajstić information content (AvgIpc) is 2.69. The molecule has 1 fully saturated rings. The number of rotatable bonds is 3. The normalized spacial score (nSPS) is 24.6. The highest BCUT2D eigenvalue weighted by molar-refractivity contribution is 14.1. The zero-order valence-corrected chi connectivity index (χ0v) is 11.3. The predicted molar refractivity (Wildman–Crippen MR) is 75.4 cm³/mol. The highest BCUT2D eigenvalue weighted by atomic mass is 127. The van der Waals surface area contributed by atoms with Crippen molar-refractivity contribution >= 4 is 34.0 Å². The third-order valence-corrected chi connectivity index (χ3v) is 3.92. The smallest absolute Gasteiger partial charge is 0.0576 e. The molecule has 3 nitrogen and oxygen atoms in total. The first-order valence-electron chi connectivity index (χ1n) is 5.63. The molecule has 2 rings (SSSR count). The molecule has 0 radical (unpaired) electrons. The van der Waals surface area contributed by atoms with Crippen LogP contribution in [0.1, 0.15) is 19.3 Å². The summed E-state index contributed by atoms with van der Waals surface area (Å²) in [7, 11) is 0. The molecule has 4 heteroatoms. The molecule has 2 atom stereocenters. The van der Waals surface area contributed by atoms with Gasteiger partial charge in [-0.3, -0.25) is 0 Å². The van der Waals surface area contributed by atoms with Gasteiger partial charge in [0.05, 0.1) is 11.4 Å². The summed E-state index contributed by atoms with van der Waals surface area (Å²) in [5.41, 5.74) is 7.74. The molecule has 0 aromatic heterocycles. The number of hydrogen-bond donors (Lipinski definition) is 3. The fraction of sp³-hybridized carbons (Fsp3) is 0.500. The van der Waals surface area contributed by atoms with Gasteiger partial charge >= 0.3 is 0 Å². The minimum Gasteiger partial charge on any atom is -0.397 e. The van der Waals surface area contributed by atoms with E-state index in [9.17, 15) is 5.11 Å². The standard InChI is InChI=1S/C12H17IN2O/c13-9-4-5-12(10(14)6-9)15-11-3-1-2-8(11)7-16/h4-6,8,11,15-16H,1-3,7,14H2. The van der Waals surface area contributed by atoms with Crippen LogP contribution in [-0.2, 0) is 0 Å². The zero-order valence-electron chi connectivity index (χ0n) is 9.12. The summed E-state index contributed by atoms with van der Waals surface area (Å²) in [5, 5.41) is 12.7. The second-order valence-corrected chi connectivity index (χ2v) is 5.60. The van der Waals surface area contributed by atoms with Gasteiger partial charge in [0.2, 0.25) is 0 Å². The maximum Gasteiger partial charge on any atom is 0.0576 e. The van der Waals surface area contributed by atoms with Gasteiger partial charge in [-0.05, 0) is 53.6 Å². The third kappa shape index (κ3) is 2.60. The molecule has 4 N–H and O–H groups in total. The molecule has 0 saturated heterocycles. The van der Waals surface area contributed by atoms with Crippen LogP contribution in [0.25, 0.3) is 0 Å². The van der Waals surface area contributed by atoms with E-state index in [0.717, 1.165) is 27.8 Å². The Balaban J connectivity index is 2.08. The van der Waals surface area contributed by atoms with E-state index in [0.29, 0.717) is 12.0 Å². The van der Waals surface area contributed by atoms with E-state index in [1.807, 2.05) is 18.2 Å². The molecule has 0 aliphatic heterocycles. The topological polar surface area (TPSA) is 58.3 Å². The minimum absolute atomic E-state index is 0.266. The molecule has 0 heterocycles. The van der Waals surface area contributed by atoms with Crippen molar-refractivity contribution in [1.82, 2.24) is 0 Å². The molecule has 1 aliphatic carbocycles. The summed E-state index contributed by atoms with van der Waals surface area (Å²) >= 11 is 2.25. The monoisotopic (exact) mass is 332 g/mol. The van der Waals surface area contributed by atoms with Crippen LogP contribution in [0, 0.1) is 9.49 Å². The largest absolute Gasteiger partial charge is 0.397 e. The Hall–Kier alpha value is -0.490. The maximum absolute atomic E-state index is 9.26. The van der Waals surface area contributed by atoms with Crippen molar-refractivity contribution in [1.29, 1.82) is 0 Å². The highest BCUT2D eigenvalue weighted by Gasteiger charge is 2.26. The Morgan fingerprint density at radius 1 is 1.44 bits per heavy atom. The molecule has 0 amide bonds. The van der Waals surface area contributed by atoms with Crippen LogP contribution in [0.15, 0.2) is 18.2 Å². The first-order valence-corrected chi connectivity index (χ1v) is 6.71. The fourth-order valence-electron chi connectivity index (χ4n) is 2.31. The lowest BCUT2D eigenvalue weighted by Gasteiger charge is -2.21. The number of nitrogens with two attached hydrogens (primary N) is 1. The predicted octanol–water partition coefficient (Wildman–Crippen LogP) is 2.45. The van der Waals surface area contributed by atoms with Gasteiger partial charge in [-0.25, -0.2) is 0 Å². The number of nitrogen functional groups attached to an aromatic ring is 1. The van der Waals surface area contributed by atoms with Gasteiger partial charge in [0.1, 0.15) is 0 Å². The lowest BCUT2D eigenvalue weighted by atomic mass is 10.0. The molecule has 0 bridgehead atoms. The number of halogens is 1. The van der Waals surface area contributed by atoms with Gasteiger partial charge in [-0.1, -0.05) is 6.42 Å². The van der Waals surface area contributed by atoms with E-state index in [4.69, 9.17) is 5.73 Å². The van der Waals surface area contributed by atoms with Gasteiger partial charge in [-0.2, -0.15) is 0 Å². The van der Waals surface area contributed by atoms with E-state index in [1.54, 1.807) is 0 Å². The summed E-state index contributed by atoms with van der Waals surface area (Å²) in [6.07, 6.45) is 3.42. The molecule has 1 aromatic rings. The summed E-state index contributed by atoms with van der Waals surface area (Å²) in [4.78, 5) is 0. The fourth-order valence-corrected chi connectivity index (χ4v) is 2.83. The summed E-state index contributed by atoms with van der Waals surface area (Å²) in [6.45, 7) is 0.266. The Morgan fingerprint density at radius 2 is 2.25 bits per heavy atom. The highest BCUT2D eigenvalue weighted by Crippen LogP contribution is 2.30. The van der Waals surface area contributed by atoms with Crippen LogP contribution in [-0.4, -0.2) is 17.8 Å².